The molecular weight excluding hydrogens is 216 g/mol. The molecule has 0 atom stereocenters. The monoisotopic (exact) mass is 236 g/mol. The van der Waals surface area contributed by atoms with E-state index in [0.717, 1.165) is 24.5 Å². The number of hydrogen-bond donors (Lipinski definition) is 0. The quantitative estimate of drug-likeness (QED) is 0.793. The van der Waals surface area contributed by atoms with Crippen LogP contribution >= 0.6 is 0 Å². The Morgan fingerprint density at radius 1 is 1.41 bits per heavy atom. The molecule has 1 saturated carbocycles. The van der Waals surface area contributed by atoms with Gasteiger partial charge in [-0.05, 0) is 38.5 Å². The van der Waals surface area contributed by atoms with Crippen molar-refractivity contribution in [2.45, 2.75) is 45.6 Å². The first-order valence-corrected chi connectivity index (χ1v) is 6.28. The van der Waals surface area contributed by atoms with Crippen LogP contribution in [0.2, 0.25) is 0 Å². The topological polar surface area (TPSA) is 46.3 Å². The van der Waals surface area contributed by atoms with Gasteiger partial charge in [-0.15, -0.1) is 0 Å². The Kier molecular flexibility index (Phi) is 3.50. The minimum Gasteiger partial charge on any atom is -0.351 e. The summed E-state index contributed by atoms with van der Waals surface area (Å²) in [5.41, 5.74) is 0.749. The van der Waals surface area contributed by atoms with Gasteiger partial charge < -0.3 is 9.42 Å². The van der Waals surface area contributed by atoms with Gasteiger partial charge in [0.2, 0.25) is 5.76 Å². The Hall–Kier alpha value is -1.32. The van der Waals surface area contributed by atoms with Crippen LogP contribution in [0.5, 0.6) is 0 Å². The van der Waals surface area contributed by atoms with Crippen molar-refractivity contribution < 1.29 is 9.32 Å². The number of aromatic nitrogens is 1. The van der Waals surface area contributed by atoms with Crippen molar-refractivity contribution in [3.05, 3.63) is 17.5 Å². The minimum atomic E-state index is -0.0508. The SMILES string of the molecule is Cc1cc(C(=O)N(C)C2CCC(C)CC2)on1. The van der Waals surface area contributed by atoms with Crippen LogP contribution in [0.4, 0.5) is 0 Å². The average molecular weight is 236 g/mol. The number of aryl methyl sites for hydroxylation is 1. The smallest absolute Gasteiger partial charge is 0.292 e. The summed E-state index contributed by atoms with van der Waals surface area (Å²) >= 11 is 0. The number of hydrogen-bond acceptors (Lipinski definition) is 3. The van der Waals surface area contributed by atoms with Crippen molar-refractivity contribution in [3.63, 3.8) is 0 Å². The molecule has 1 aliphatic rings. The molecule has 1 heterocycles. The van der Waals surface area contributed by atoms with Gasteiger partial charge >= 0.3 is 0 Å². The van der Waals surface area contributed by atoms with E-state index < -0.39 is 0 Å². The Labute approximate surface area is 102 Å². The summed E-state index contributed by atoms with van der Waals surface area (Å²) in [5, 5.41) is 3.75. The molecule has 1 aromatic heterocycles. The van der Waals surface area contributed by atoms with Gasteiger partial charge in [0.15, 0.2) is 0 Å². The first-order valence-electron chi connectivity index (χ1n) is 6.28. The molecule has 94 valence electrons. The highest BCUT2D eigenvalue weighted by molar-refractivity contribution is 5.91. The molecule has 0 aliphatic heterocycles. The minimum absolute atomic E-state index is 0.0508. The summed E-state index contributed by atoms with van der Waals surface area (Å²) in [6.45, 7) is 4.10. The van der Waals surface area contributed by atoms with E-state index >= 15 is 0 Å². The van der Waals surface area contributed by atoms with Crippen LogP contribution in [0.25, 0.3) is 0 Å². The largest absolute Gasteiger partial charge is 0.351 e. The van der Waals surface area contributed by atoms with Crippen LogP contribution in [-0.2, 0) is 0 Å². The van der Waals surface area contributed by atoms with Crippen LogP contribution in [0.1, 0.15) is 48.9 Å². The number of rotatable bonds is 2. The number of amides is 1. The lowest BCUT2D eigenvalue weighted by Gasteiger charge is -2.32. The molecule has 0 unspecified atom stereocenters. The first kappa shape index (κ1) is 12.1. The molecule has 0 aromatic carbocycles. The van der Waals surface area contributed by atoms with Crippen LogP contribution in [0, 0.1) is 12.8 Å². The van der Waals surface area contributed by atoms with Gasteiger partial charge in [0.05, 0.1) is 5.69 Å². The normalized spacial score (nSPS) is 24.6. The molecule has 0 radical (unpaired) electrons. The molecule has 4 nitrogen and oxygen atoms in total. The lowest BCUT2D eigenvalue weighted by atomic mass is 9.87. The van der Waals surface area contributed by atoms with Gasteiger partial charge in [0, 0.05) is 19.2 Å². The third-order valence-electron chi connectivity index (χ3n) is 3.69. The van der Waals surface area contributed by atoms with Crippen LogP contribution in [0.3, 0.4) is 0 Å². The van der Waals surface area contributed by atoms with E-state index in [1.54, 1.807) is 6.07 Å². The summed E-state index contributed by atoms with van der Waals surface area (Å²) < 4.78 is 5.02. The fourth-order valence-electron chi connectivity index (χ4n) is 2.43. The van der Waals surface area contributed by atoms with Crippen molar-refractivity contribution in [1.82, 2.24) is 10.1 Å². The second kappa shape index (κ2) is 4.90. The molecule has 0 saturated heterocycles. The summed E-state index contributed by atoms with van der Waals surface area (Å²) in [7, 11) is 1.86. The Balaban J connectivity index is 2.00. The van der Waals surface area contributed by atoms with E-state index in [1.807, 2.05) is 18.9 Å². The number of carbonyl (C=O) groups excluding carboxylic acids is 1. The first-order chi connectivity index (χ1) is 8.08. The zero-order valence-electron chi connectivity index (χ0n) is 10.8. The van der Waals surface area contributed by atoms with Gasteiger partial charge in [-0.3, -0.25) is 4.79 Å². The van der Waals surface area contributed by atoms with Gasteiger partial charge in [0.1, 0.15) is 0 Å². The van der Waals surface area contributed by atoms with Gasteiger partial charge in [-0.1, -0.05) is 12.1 Å². The molecule has 17 heavy (non-hydrogen) atoms. The maximum atomic E-state index is 12.1. The fraction of sp³-hybridized carbons (Fsp3) is 0.692. The van der Waals surface area contributed by atoms with Crippen LogP contribution in [0.15, 0.2) is 10.6 Å². The summed E-state index contributed by atoms with van der Waals surface area (Å²) in [4.78, 5) is 13.9. The third kappa shape index (κ3) is 2.68. The van der Waals surface area contributed by atoms with Crippen molar-refractivity contribution in [2.75, 3.05) is 7.05 Å². The molecular formula is C13H20N2O2. The zero-order valence-corrected chi connectivity index (χ0v) is 10.8. The highest BCUT2D eigenvalue weighted by atomic mass is 16.5. The zero-order chi connectivity index (χ0) is 12.4. The van der Waals surface area contributed by atoms with Gasteiger partial charge in [-0.25, -0.2) is 0 Å². The highest BCUT2D eigenvalue weighted by Gasteiger charge is 2.27. The highest BCUT2D eigenvalue weighted by Crippen LogP contribution is 2.27. The van der Waals surface area contributed by atoms with Crippen molar-refractivity contribution in [1.29, 1.82) is 0 Å². The molecule has 4 heteroatoms. The molecule has 2 rings (SSSR count). The van der Waals surface area contributed by atoms with Crippen LogP contribution in [-0.4, -0.2) is 29.1 Å². The fourth-order valence-corrected chi connectivity index (χ4v) is 2.43. The number of nitrogens with zero attached hydrogens (tertiary/aromatic N) is 2. The summed E-state index contributed by atoms with van der Waals surface area (Å²) in [6.07, 6.45) is 4.60. The third-order valence-corrected chi connectivity index (χ3v) is 3.69. The lowest BCUT2D eigenvalue weighted by molar-refractivity contribution is 0.0638. The average Bonchev–Trinajstić information content (AvgIpc) is 2.75. The lowest BCUT2D eigenvalue weighted by Crippen LogP contribution is -2.39. The molecule has 0 bridgehead atoms. The summed E-state index contributed by atoms with van der Waals surface area (Å²) in [6, 6.07) is 2.05. The van der Waals surface area contributed by atoms with E-state index in [2.05, 4.69) is 12.1 Å². The van der Waals surface area contributed by atoms with Crippen LogP contribution < -0.4 is 0 Å². The van der Waals surface area contributed by atoms with Gasteiger partial charge in [-0.2, -0.15) is 0 Å². The predicted octanol–water partition coefficient (Wildman–Crippen LogP) is 2.63. The molecule has 1 aromatic rings. The molecule has 1 amide bonds. The van der Waals surface area contributed by atoms with E-state index in [1.165, 1.54) is 12.8 Å². The Morgan fingerprint density at radius 3 is 2.59 bits per heavy atom. The maximum absolute atomic E-state index is 12.1. The second-order valence-electron chi connectivity index (χ2n) is 5.16. The summed E-state index contributed by atoms with van der Waals surface area (Å²) in [5.74, 6) is 1.09. The van der Waals surface area contributed by atoms with Gasteiger partial charge in [0.25, 0.3) is 5.91 Å². The number of carbonyl (C=O) groups is 1. The van der Waals surface area contributed by atoms with E-state index in [0.29, 0.717) is 11.8 Å². The Morgan fingerprint density at radius 2 is 2.06 bits per heavy atom. The van der Waals surface area contributed by atoms with Crippen molar-refractivity contribution in [3.8, 4) is 0 Å². The van der Waals surface area contributed by atoms with E-state index in [9.17, 15) is 4.79 Å². The second-order valence-corrected chi connectivity index (χ2v) is 5.16. The molecule has 1 fully saturated rings. The molecule has 0 N–H and O–H groups in total. The predicted molar refractivity (Wildman–Crippen MR) is 64.8 cm³/mol. The van der Waals surface area contributed by atoms with Crippen molar-refractivity contribution >= 4 is 5.91 Å². The Bertz CT molecular complexity index is 392. The molecule has 0 spiro atoms. The molecule has 1 aliphatic carbocycles. The van der Waals surface area contributed by atoms with E-state index in [-0.39, 0.29) is 5.91 Å². The standard InChI is InChI=1S/C13H20N2O2/c1-9-4-6-11(7-5-9)15(3)13(16)12-8-10(2)14-17-12/h8-9,11H,4-7H2,1-3H3. The maximum Gasteiger partial charge on any atom is 0.292 e. The van der Waals surface area contributed by atoms with Crippen molar-refractivity contribution in [2.24, 2.45) is 5.92 Å². The van der Waals surface area contributed by atoms with E-state index in [4.69, 9.17) is 4.52 Å².